The summed E-state index contributed by atoms with van der Waals surface area (Å²) in [5.74, 6) is 0.402. The lowest BCUT2D eigenvalue weighted by molar-refractivity contribution is 0.192. The number of hydrogen-bond donors (Lipinski definition) is 0. The molecule has 0 fully saturated rings. The third kappa shape index (κ3) is 2.96. The summed E-state index contributed by atoms with van der Waals surface area (Å²) in [6.45, 7) is 3.20. The zero-order valence-corrected chi connectivity index (χ0v) is 15.8. The molecule has 0 spiro atoms. The van der Waals surface area contributed by atoms with Gasteiger partial charge in [0.25, 0.3) is 5.56 Å². The number of rotatable bonds is 5. The van der Waals surface area contributed by atoms with Crippen LogP contribution in [0.5, 0.6) is 5.75 Å². The van der Waals surface area contributed by atoms with Gasteiger partial charge in [0.1, 0.15) is 16.8 Å². The van der Waals surface area contributed by atoms with Crippen LogP contribution in [0.25, 0.3) is 27.8 Å². The van der Waals surface area contributed by atoms with Crippen molar-refractivity contribution in [2.75, 3.05) is 6.86 Å². The lowest BCUT2D eigenvalue weighted by Crippen LogP contribution is -2.20. The monoisotopic (exact) mass is 381 g/mol. The maximum Gasteiger partial charge on any atom is 0.281 e. The van der Waals surface area contributed by atoms with E-state index in [1.54, 1.807) is 59.2 Å². The van der Waals surface area contributed by atoms with Crippen molar-refractivity contribution < 1.29 is 9.13 Å². The average Bonchev–Trinajstić information content (AvgIpc) is 3.31. The molecule has 0 aliphatic rings. The molecule has 3 heterocycles. The van der Waals surface area contributed by atoms with Crippen molar-refractivity contribution >= 4 is 11.0 Å². The van der Waals surface area contributed by atoms with E-state index in [1.165, 1.54) is 0 Å². The molecule has 0 amide bonds. The number of halogens is 1. The number of ether oxygens (including phenoxy) is 1. The molecular weight excluding hydrogens is 361 g/mol. The summed E-state index contributed by atoms with van der Waals surface area (Å²) < 4.78 is 22.3. The molecule has 0 bridgehead atoms. The maximum atomic E-state index is 13.1. The molecule has 0 aliphatic heterocycles. The van der Waals surface area contributed by atoms with Crippen LogP contribution < -0.4 is 10.3 Å². The van der Waals surface area contributed by atoms with E-state index in [4.69, 9.17) is 4.74 Å². The molecule has 0 radical (unpaired) electrons. The van der Waals surface area contributed by atoms with Crippen LogP contribution in [-0.4, -0.2) is 30.8 Å². The first kappa shape index (κ1) is 18.0. The summed E-state index contributed by atoms with van der Waals surface area (Å²) in [6.07, 6.45) is 7.12. The van der Waals surface area contributed by atoms with Crippen LogP contribution in [0.15, 0.2) is 54.0 Å². The lowest BCUT2D eigenvalue weighted by atomic mass is 10.1. The summed E-state index contributed by atoms with van der Waals surface area (Å²) in [7, 11) is 1.79. The van der Waals surface area contributed by atoms with Gasteiger partial charge in [-0.1, -0.05) is 0 Å². The zero-order valence-electron chi connectivity index (χ0n) is 15.8. The highest BCUT2D eigenvalue weighted by Gasteiger charge is 2.17. The SMILES string of the molecule is CC(C)n1cc(-c2cn(-c3ccc(OCF)cc3)c(=O)c3c2ncn3C)cn1. The van der Waals surface area contributed by atoms with Crippen LogP contribution in [0.2, 0.25) is 0 Å². The van der Waals surface area contributed by atoms with Gasteiger partial charge < -0.3 is 9.30 Å². The zero-order chi connectivity index (χ0) is 19.8. The predicted molar refractivity (Wildman–Crippen MR) is 105 cm³/mol. The Labute approximate surface area is 160 Å². The van der Waals surface area contributed by atoms with Crippen LogP contribution in [0, 0.1) is 0 Å². The summed E-state index contributed by atoms with van der Waals surface area (Å²) in [5.41, 5.74) is 3.28. The summed E-state index contributed by atoms with van der Waals surface area (Å²) in [5, 5.41) is 4.41. The minimum absolute atomic E-state index is 0.186. The van der Waals surface area contributed by atoms with Gasteiger partial charge in [-0.3, -0.25) is 14.0 Å². The second-order valence-corrected chi connectivity index (χ2v) is 6.82. The third-order valence-corrected chi connectivity index (χ3v) is 4.65. The predicted octanol–water partition coefficient (Wildman–Crippen LogP) is 3.47. The van der Waals surface area contributed by atoms with Gasteiger partial charge >= 0.3 is 0 Å². The Morgan fingerprint density at radius 1 is 1.18 bits per heavy atom. The number of pyridine rings is 1. The van der Waals surface area contributed by atoms with Crippen molar-refractivity contribution in [1.82, 2.24) is 23.9 Å². The number of fused-ring (bicyclic) bond motifs is 1. The number of hydrogen-bond acceptors (Lipinski definition) is 4. The molecule has 8 heteroatoms. The van der Waals surface area contributed by atoms with Crippen molar-refractivity contribution in [3.05, 3.63) is 59.5 Å². The molecular formula is C20H20FN5O2. The van der Waals surface area contributed by atoms with Gasteiger partial charge in [-0.2, -0.15) is 5.10 Å². The fourth-order valence-electron chi connectivity index (χ4n) is 3.17. The van der Waals surface area contributed by atoms with E-state index in [0.29, 0.717) is 22.5 Å². The van der Waals surface area contributed by atoms with Crippen LogP contribution in [0.1, 0.15) is 19.9 Å². The smallest absolute Gasteiger partial charge is 0.281 e. The summed E-state index contributed by atoms with van der Waals surface area (Å²) in [4.78, 5) is 17.5. The van der Waals surface area contributed by atoms with E-state index in [2.05, 4.69) is 23.9 Å². The van der Waals surface area contributed by atoms with Gasteiger partial charge in [0.05, 0.1) is 12.5 Å². The van der Waals surface area contributed by atoms with Crippen LogP contribution in [0.4, 0.5) is 4.39 Å². The number of imidazole rings is 1. The van der Waals surface area contributed by atoms with Gasteiger partial charge in [0.15, 0.2) is 0 Å². The van der Waals surface area contributed by atoms with Crippen LogP contribution >= 0.6 is 0 Å². The first-order valence-electron chi connectivity index (χ1n) is 8.90. The van der Waals surface area contributed by atoms with Gasteiger partial charge in [0.2, 0.25) is 6.86 Å². The molecule has 4 aromatic rings. The molecule has 1 aromatic carbocycles. The number of aryl methyl sites for hydroxylation is 1. The first-order valence-corrected chi connectivity index (χ1v) is 8.90. The molecule has 0 unspecified atom stereocenters. The van der Waals surface area contributed by atoms with E-state index in [0.717, 1.165) is 11.1 Å². The molecule has 28 heavy (non-hydrogen) atoms. The van der Waals surface area contributed by atoms with Gasteiger partial charge in [-0.25, -0.2) is 9.37 Å². The van der Waals surface area contributed by atoms with Gasteiger partial charge in [0, 0.05) is 42.3 Å². The first-order chi connectivity index (χ1) is 13.5. The maximum absolute atomic E-state index is 13.1. The Morgan fingerprint density at radius 3 is 2.57 bits per heavy atom. The standard InChI is InChI=1S/C20H20FN5O2/c1-13(2)26-9-14(8-23-26)17-10-25(15-4-6-16(7-5-15)28-11-21)20(27)19-18(17)22-12-24(19)3/h4-10,12-13H,11H2,1-3H3. The second-order valence-electron chi connectivity index (χ2n) is 6.82. The molecule has 0 saturated carbocycles. The molecule has 144 valence electrons. The third-order valence-electron chi connectivity index (χ3n) is 4.65. The van der Waals surface area contributed by atoms with E-state index in [1.807, 2.05) is 10.9 Å². The largest absolute Gasteiger partial charge is 0.463 e. The molecule has 0 saturated heterocycles. The van der Waals surface area contributed by atoms with Crippen LogP contribution in [0.3, 0.4) is 0 Å². The minimum atomic E-state index is -0.899. The Bertz CT molecular complexity index is 1190. The molecule has 4 rings (SSSR count). The minimum Gasteiger partial charge on any atom is -0.463 e. The van der Waals surface area contributed by atoms with Crippen molar-refractivity contribution in [3.63, 3.8) is 0 Å². The highest BCUT2D eigenvalue weighted by molar-refractivity contribution is 5.91. The topological polar surface area (TPSA) is 66.9 Å². The fourth-order valence-corrected chi connectivity index (χ4v) is 3.17. The van der Waals surface area contributed by atoms with Crippen molar-refractivity contribution in [2.24, 2.45) is 7.05 Å². The van der Waals surface area contributed by atoms with Gasteiger partial charge in [-0.05, 0) is 38.1 Å². The van der Waals surface area contributed by atoms with E-state index < -0.39 is 6.86 Å². The Hall–Kier alpha value is -3.42. The van der Waals surface area contributed by atoms with Crippen molar-refractivity contribution in [3.8, 4) is 22.6 Å². The van der Waals surface area contributed by atoms with E-state index >= 15 is 0 Å². The molecule has 0 atom stereocenters. The summed E-state index contributed by atoms with van der Waals surface area (Å²) >= 11 is 0. The van der Waals surface area contributed by atoms with Crippen molar-refractivity contribution in [2.45, 2.75) is 19.9 Å². The lowest BCUT2D eigenvalue weighted by Gasteiger charge is -2.11. The summed E-state index contributed by atoms with van der Waals surface area (Å²) in [6, 6.07) is 6.92. The Kier molecular flexibility index (Phi) is 4.46. The molecule has 3 aromatic heterocycles. The highest BCUT2D eigenvalue weighted by Crippen LogP contribution is 2.27. The fraction of sp³-hybridized carbons (Fsp3) is 0.250. The second kappa shape index (κ2) is 6.95. The number of aromatic nitrogens is 5. The number of alkyl halides is 1. The molecule has 0 aliphatic carbocycles. The molecule has 0 N–H and O–H groups in total. The van der Waals surface area contributed by atoms with Crippen LogP contribution in [-0.2, 0) is 7.05 Å². The van der Waals surface area contributed by atoms with E-state index in [9.17, 15) is 9.18 Å². The van der Waals surface area contributed by atoms with Crippen molar-refractivity contribution in [1.29, 1.82) is 0 Å². The normalized spacial score (nSPS) is 11.5. The average molecular weight is 381 g/mol. The number of nitrogens with zero attached hydrogens (tertiary/aromatic N) is 5. The van der Waals surface area contributed by atoms with Gasteiger partial charge in [-0.15, -0.1) is 0 Å². The highest BCUT2D eigenvalue weighted by atomic mass is 19.1. The Balaban J connectivity index is 1.93. The van der Waals surface area contributed by atoms with E-state index in [-0.39, 0.29) is 11.6 Å². The quantitative estimate of drug-likeness (QED) is 0.531. The number of benzene rings is 1. The molecule has 7 nitrogen and oxygen atoms in total. The Morgan fingerprint density at radius 2 is 1.93 bits per heavy atom.